The molecule has 1 aliphatic carbocycles. The zero-order chi connectivity index (χ0) is 16.3. The van der Waals surface area contributed by atoms with E-state index in [1.54, 1.807) is 23.5 Å². The average Bonchev–Trinajstić information content (AvgIpc) is 3.31. The molecular formula is C18H22N2O2S. The van der Waals surface area contributed by atoms with Gasteiger partial charge in [0, 0.05) is 17.0 Å². The van der Waals surface area contributed by atoms with Gasteiger partial charge in [-0.05, 0) is 55.3 Å². The van der Waals surface area contributed by atoms with Crippen molar-refractivity contribution in [3.8, 4) is 5.75 Å². The first kappa shape index (κ1) is 16.0. The number of carbonyl (C=O) groups is 1. The van der Waals surface area contributed by atoms with E-state index < -0.39 is 0 Å². The van der Waals surface area contributed by atoms with Crippen LogP contribution in [0.5, 0.6) is 5.75 Å². The first-order valence-corrected chi connectivity index (χ1v) is 8.76. The van der Waals surface area contributed by atoms with Gasteiger partial charge in [-0.3, -0.25) is 4.79 Å². The Hall–Kier alpha value is -1.85. The Kier molecular flexibility index (Phi) is 4.68. The summed E-state index contributed by atoms with van der Waals surface area (Å²) in [6.45, 7) is 3.00. The number of nitrogens with two attached hydrogens (primary N) is 1. The molecule has 2 aromatic rings. The predicted octanol–water partition coefficient (Wildman–Crippen LogP) is 3.18. The maximum atomic E-state index is 12.5. The minimum atomic E-state index is -0.315. The third-order valence-corrected chi connectivity index (χ3v) is 5.21. The highest BCUT2D eigenvalue weighted by Crippen LogP contribution is 2.39. The lowest BCUT2D eigenvalue weighted by atomic mass is 9.95. The van der Waals surface area contributed by atoms with Crippen LogP contribution in [0.1, 0.15) is 35.0 Å². The van der Waals surface area contributed by atoms with Crippen molar-refractivity contribution in [1.82, 2.24) is 5.32 Å². The van der Waals surface area contributed by atoms with Crippen LogP contribution in [0.25, 0.3) is 0 Å². The van der Waals surface area contributed by atoms with E-state index in [0.717, 1.165) is 17.7 Å². The summed E-state index contributed by atoms with van der Waals surface area (Å²) >= 11 is 1.66. The molecule has 1 aromatic carbocycles. The number of rotatable bonds is 7. The normalized spacial score (nSPS) is 16.6. The second-order valence-corrected chi connectivity index (χ2v) is 7.28. The van der Waals surface area contributed by atoms with Crippen molar-refractivity contribution in [2.24, 2.45) is 11.7 Å². The minimum absolute atomic E-state index is 0.0913. The fourth-order valence-electron chi connectivity index (χ4n) is 2.65. The molecule has 0 spiro atoms. The fraction of sp³-hybridized carbons (Fsp3) is 0.389. The smallest absolute Gasteiger partial charge is 0.251 e. The molecule has 1 aromatic heterocycles. The van der Waals surface area contributed by atoms with Crippen molar-refractivity contribution in [3.63, 3.8) is 0 Å². The van der Waals surface area contributed by atoms with Gasteiger partial charge in [0.05, 0.1) is 5.54 Å². The van der Waals surface area contributed by atoms with Gasteiger partial charge in [-0.2, -0.15) is 0 Å². The molecule has 0 bridgehead atoms. The van der Waals surface area contributed by atoms with Crippen LogP contribution in [0.3, 0.4) is 0 Å². The molecule has 1 heterocycles. The predicted molar refractivity (Wildman–Crippen MR) is 92.7 cm³/mol. The zero-order valence-corrected chi connectivity index (χ0v) is 14.1. The number of hydrogen-bond donors (Lipinski definition) is 2. The summed E-state index contributed by atoms with van der Waals surface area (Å²) in [6, 6.07) is 11.3. The molecule has 1 amide bonds. The third-order valence-electron chi connectivity index (χ3n) is 4.36. The highest BCUT2D eigenvalue weighted by Gasteiger charge is 2.41. The van der Waals surface area contributed by atoms with Crippen LogP contribution in [-0.2, 0) is 6.61 Å². The Morgan fingerprint density at radius 3 is 2.87 bits per heavy atom. The zero-order valence-electron chi connectivity index (χ0n) is 13.2. The standard InChI is InChI=1S/C18H22N2O2S/c1-18(12-19,14-7-8-14)20-17(21)13-4-2-5-15(10-13)22-11-16-6-3-9-23-16/h2-6,9-10,14H,7-8,11-12,19H2,1H3,(H,20,21). The Balaban J connectivity index is 1.65. The quantitative estimate of drug-likeness (QED) is 0.819. The van der Waals surface area contributed by atoms with Gasteiger partial charge in [-0.1, -0.05) is 12.1 Å². The van der Waals surface area contributed by atoms with E-state index in [1.165, 1.54) is 0 Å². The lowest BCUT2D eigenvalue weighted by Crippen LogP contribution is -2.53. The molecule has 122 valence electrons. The van der Waals surface area contributed by atoms with Gasteiger partial charge < -0.3 is 15.8 Å². The molecule has 1 fully saturated rings. The first-order valence-electron chi connectivity index (χ1n) is 7.88. The van der Waals surface area contributed by atoms with Gasteiger partial charge in [0.1, 0.15) is 12.4 Å². The van der Waals surface area contributed by atoms with Crippen LogP contribution in [0, 0.1) is 5.92 Å². The van der Waals surface area contributed by atoms with Crippen LogP contribution in [-0.4, -0.2) is 18.0 Å². The number of benzene rings is 1. The van der Waals surface area contributed by atoms with E-state index in [1.807, 2.05) is 36.6 Å². The largest absolute Gasteiger partial charge is 0.488 e. The van der Waals surface area contributed by atoms with E-state index >= 15 is 0 Å². The number of thiophene rings is 1. The summed E-state index contributed by atoms with van der Waals surface area (Å²) < 4.78 is 5.76. The van der Waals surface area contributed by atoms with Gasteiger partial charge >= 0.3 is 0 Å². The van der Waals surface area contributed by atoms with Gasteiger partial charge in [0.15, 0.2) is 0 Å². The fourth-order valence-corrected chi connectivity index (χ4v) is 3.26. The van der Waals surface area contributed by atoms with Crippen molar-refractivity contribution in [1.29, 1.82) is 0 Å². The number of amides is 1. The Morgan fingerprint density at radius 1 is 1.39 bits per heavy atom. The van der Waals surface area contributed by atoms with Gasteiger partial charge in [0.25, 0.3) is 5.91 Å². The monoisotopic (exact) mass is 330 g/mol. The van der Waals surface area contributed by atoms with Crippen LogP contribution in [0.4, 0.5) is 0 Å². The Morgan fingerprint density at radius 2 is 2.22 bits per heavy atom. The van der Waals surface area contributed by atoms with Crippen LogP contribution in [0.15, 0.2) is 41.8 Å². The highest BCUT2D eigenvalue weighted by atomic mass is 32.1. The van der Waals surface area contributed by atoms with Crippen LogP contribution in [0.2, 0.25) is 0 Å². The molecule has 1 saturated carbocycles. The summed E-state index contributed by atoms with van der Waals surface area (Å²) in [7, 11) is 0. The summed E-state index contributed by atoms with van der Waals surface area (Å²) in [6.07, 6.45) is 2.27. The van der Waals surface area contributed by atoms with Crippen molar-refractivity contribution in [3.05, 3.63) is 52.2 Å². The summed E-state index contributed by atoms with van der Waals surface area (Å²) in [5.74, 6) is 1.10. The average molecular weight is 330 g/mol. The second kappa shape index (κ2) is 6.72. The van der Waals surface area contributed by atoms with E-state index in [0.29, 0.717) is 30.4 Å². The Labute approximate surface area is 140 Å². The SMILES string of the molecule is CC(CN)(NC(=O)c1cccc(OCc2cccs2)c1)C1CC1. The van der Waals surface area contributed by atoms with Gasteiger partial charge in [0.2, 0.25) is 0 Å². The highest BCUT2D eigenvalue weighted by molar-refractivity contribution is 7.09. The summed E-state index contributed by atoms with van der Waals surface area (Å²) in [5.41, 5.74) is 6.16. The maximum absolute atomic E-state index is 12.5. The molecule has 0 saturated heterocycles. The van der Waals surface area contributed by atoms with E-state index in [4.69, 9.17) is 10.5 Å². The molecule has 1 unspecified atom stereocenters. The topological polar surface area (TPSA) is 64.3 Å². The number of nitrogens with one attached hydrogen (secondary N) is 1. The number of hydrogen-bond acceptors (Lipinski definition) is 4. The van der Waals surface area contributed by atoms with E-state index in [-0.39, 0.29) is 11.4 Å². The van der Waals surface area contributed by atoms with Crippen molar-refractivity contribution >= 4 is 17.2 Å². The van der Waals surface area contributed by atoms with E-state index in [2.05, 4.69) is 5.32 Å². The molecular weight excluding hydrogens is 308 g/mol. The molecule has 5 heteroatoms. The van der Waals surface area contributed by atoms with Crippen LogP contribution < -0.4 is 15.8 Å². The Bertz CT molecular complexity index is 667. The second-order valence-electron chi connectivity index (χ2n) is 6.25. The van der Waals surface area contributed by atoms with E-state index in [9.17, 15) is 4.79 Å². The molecule has 0 aliphatic heterocycles. The van der Waals surface area contributed by atoms with Gasteiger partial charge in [-0.25, -0.2) is 0 Å². The molecule has 3 N–H and O–H groups in total. The van der Waals surface area contributed by atoms with Crippen LogP contribution >= 0.6 is 11.3 Å². The molecule has 3 rings (SSSR count). The molecule has 23 heavy (non-hydrogen) atoms. The van der Waals surface area contributed by atoms with Crippen molar-refractivity contribution in [2.75, 3.05) is 6.54 Å². The number of ether oxygens (including phenoxy) is 1. The lowest BCUT2D eigenvalue weighted by molar-refractivity contribution is 0.0897. The number of carbonyl (C=O) groups excluding carboxylic acids is 1. The van der Waals surface area contributed by atoms with Crippen molar-refractivity contribution < 1.29 is 9.53 Å². The summed E-state index contributed by atoms with van der Waals surface area (Å²) in [5, 5.41) is 5.12. The lowest BCUT2D eigenvalue weighted by Gasteiger charge is -2.29. The molecule has 1 aliphatic rings. The first-order chi connectivity index (χ1) is 11.1. The maximum Gasteiger partial charge on any atom is 0.251 e. The molecule has 4 nitrogen and oxygen atoms in total. The van der Waals surface area contributed by atoms with Gasteiger partial charge in [-0.15, -0.1) is 11.3 Å². The van der Waals surface area contributed by atoms with Crippen molar-refractivity contribution in [2.45, 2.75) is 31.9 Å². The third kappa shape index (κ3) is 3.92. The molecule has 1 atom stereocenters. The molecule has 0 radical (unpaired) electrons. The summed E-state index contributed by atoms with van der Waals surface area (Å²) in [4.78, 5) is 13.7. The minimum Gasteiger partial charge on any atom is -0.488 e.